The fourth-order valence-electron chi connectivity index (χ4n) is 4.54. The minimum Gasteiger partial charge on any atom is -0.454 e. The summed E-state index contributed by atoms with van der Waals surface area (Å²) in [6.45, 7) is 0.456. The van der Waals surface area contributed by atoms with Gasteiger partial charge in [0.1, 0.15) is 17.7 Å². The van der Waals surface area contributed by atoms with Gasteiger partial charge in [-0.1, -0.05) is 18.2 Å². The van der Waals surface area contributed by atoms with E-state index >= 15 is 0 Å². The van der Waals surface area contributed by atoms with Gasteiger partial charge < -0.3 is 20.1 Å². The van der Waals surface area contributed by atoms with Crippen LogP contribution in [0.2, 0.25) is 0 Å². The molecule has 37 heavy (non-hydrogen) atoms. The molecule has 1 aliphatic heterocycles. The number of rotatable bonds is 6. The van der Waals surface area contributed by atoms with Crippen LogP contribution in [0.5, 0.6) is 11.5 Å². The minimum absolute atomic E-state index is 0.106. The number of carbonyl (C=O) groups excluding carboxylic acids is 2. The zero-order chi connectivity index (χ0) is 25.4. The monoisotopic (exact) mass is 498 g/mol. The number of fused-ring (bicyclic) bond motifs is 2. The Bertz CT molecular complexity index is 1520. The topological polar surface area (TPSA) is 146 Å². The lowest BCUT2D eigenvalue weighted by molar-refractivity contribution is 0.0931. The van der Waals surface area contributed by atoms with E-state index in [0.29, 0.717) is 17.3 Å². The predicted molar refractivity (Wildman–Crippen MR) is 129 cm³/mol. The zero-order valence-electron chi connectivity index (χ0n) is 19.8. The first-order valence-corrected chi connectivity index (χ1v) is 11.7. The third kappa shape index (κ3) is 4.44. The van der Waals surface area contributed by atoms with Gasteiger partial charge in [-0.05, 0) is 58.2 Å². The molecule has 2 aromatic carbocycles. The van der Waals surface area contributed by atoms with Crippen LogP contribution in [-0.2, 0) is 20.0 Å². The number of hydrogen-bond acceptors (Lipinski definition) is 9. The van der Waals surface area contributed by atoms with E-state index in [1.807, 2.05) is 24.3 Å². The molecule has 6 rings (SSSR count). The molecule has 0 saturated heterocycles. The van der Waals surface area contributed by atoms with E-state index in [2.05, 4.69) is 42.2 Å². The van der Waals surface area contributed by atoms with E-state index in [0.717, 1.165) is 35.1 Å². The van der Waals surface area contributed by atoms with Gasteiger partial charge >= 0.3 is 0 Å². The quantitative estimate of drug-likeness (QED) is 0.406. The van der Waals surface area contributed by atoms with Crippen molar-refractivity contribution in [2.45, 2.75) is 25.4 Å². The van der Waals surface area contributed by atoms with Gasteiger partial charge in [0.25, 0.3) is 11.8 Å². The van der Waals surface area contributed by atoms with Gasteiger partial charge in [0, 0.05) is 25.2 Å². The maximum Gasteiger partial charge on any atom is 0.270 e. The molecule has 2 aromatic heterocycles. The van der Waals surface area contributed by atoms with E-state index in [1.54, 1.807) is 17.8 Å². The Balaban J connectivity index is 1.11. The van der Waals surface area contributed by atoms with Crippen molar-refractivity contribution in [1.29, 1.82) is 0 Å². The molecule has 3 heterocycles. The fraction of sp³-hybridized carbons (Fsp3) is 0.240. The molecular weight excluding hydrogens is 476 g/mol. The molecule has 0 spiro atoms. The molecule has 0 radical (unpaired) electrons. The normalized spacial score (nSPS) is 15.3. The van der Waals surface area contributed by atoms with E-state index < -0.39 is 5.91 Å². The van der Waals surface area contributed by atoms with Crippen LogP contribution in [0.15, 0.2) is 48.8 Å². The highest BCUT2D eigenvalue weighted by Gasteiger charge is 2.26. The summed E-state index contributed by atoms with van der Waals surface area (Å²) in [4.78, 5) is 33.8. The molecular formula is C25H22N8O4. The SMILES string of the molecule is Cn1nnnc1-c1ccc2c(c1)CC[C@@H]2NC(=O)c1cc(C(=O)NCc2ccc3c(c2)OCO3)ncn1. The van der Waals surface area contributed by atoms with E-state index in [9.17, 15) is 9.59 Å². The molecule has 2 amide bonds. The van der Waals surface area contributed by atoms with E-state index in [-0.39, 0.29) is 36.7 Å². The van der Waals surface area contributed by atoms with Gasteiger partial charge in [-0.3, -0.25) is 9.59 Å². The highest BCUT2D eigenvalue weighted by atomic mass is 16.7. The third-order valence-electron chi connectivity index (χ3n) is 6.43. The predicted octanol–water partition coefficient (Wildman–Crippen LogP) is 1.74. The lowest BCUT2D eigenvalue weighted by Gasteiger charge is -2.14. The van der Waals surface area contributed by atoms with Crippen LogP contribution in [0.4, 0.5) is 0 Å². The standard InChI is InChI=1S/C25H22N8O4/c1-33-23(30-31-32-33)16-3-5-17-15(9-16)4-6-18(17)29-25(35)20-10-19(27-12-28-20)24(34)26-11-14-2-7-21-22(8-14)37-13-36-21/h2-3,5,7-10,12,18H,4,6,11,13H2,1H3,(H,26,34)(H,29,35)/t18-/m0/s1. The summed E-state index contributed by atoms with van der Waals surface area (Å²) in [6.07, 6.45) is 2.79. The van der Waals surface area contributed by atoms with Gasteiger partial charge in [-0.15, -0.1) is 5.10 Å². The average Bonchev–Trinajstić information content (AvgIpc) is 3.66. The van der Waals surface area contributed by atoms with Crippen molar-refractivity contribution in [3.8, 4) is 22.9 Å². The van der Waals surface area contributed by atoms with Crippen molar-refractivity contribution in [3.63, 3.8) is 0 Å². The third-order valence-corrected chi connectivity index (χ3v) is 6.43. The lowest BCUT2D eigenvalue weighted by atomic mass is 10.0. The summed E-state index contributed by atoms with van der Waals surface area (Å²) in [6, 6.07) is 12.7. The fourth-order valence-corrected chi connectivity index (χ4v) is 4.54. The number of aromatic nitrogens is 6. The Morgan fingerprint density at radius 1 is 1.03 bits per heavy atom. The molecule has 2 N–H and O–H groups in total. The highest BCUT2D eigenvalue weighted by Crippen LogP contribution is 2.34. The Kier molecular flexibility index (Phi) is 5.68. The van der Waals surface area contributed by atoms with Gasteiger partial charge in [0.2, 0.25) is 6.79 Å². The van der Waals surface area contributed by atoms with Gasteiger partial charge in [-0.2, -0.15) is 0 Å². The molecule has 4 aromatic rings. The Labute approximate surface area is 211 Å². The Hall–Kier alpha value is -4.87. The summed E-state index contributed by atoms with van der Waals surface area (Å²) in [5.74, 6) is 1.22. The van der Waals surface area contributed by atoms with Crippen LogP contribution >= 0.6 is 0 Å². The molecule has 1 aliphatic carbocycles. The van der Waals surface area contributed by atoms with Crippen LogP contribution in [0, 0.1) is 0 Å². The van der Waals surface area contributed by atoms with Crippen molar-refractivity contribution in [2.75, 3.05) is 6.79 Å². The first kappa shape index (κ1) is 22.6. The molecule has 2 aliphatic rings. The van der Waals surface area contributed by atoms with Gasteiger partial charge in [-0.25, -0.2) is 14.6 Å². The molecule has 0 bridgehead atoms. The van der Waals surface area contributed by atoms with Crippen LogP contribution < -0.4 is 20.1 Å². The number of ether oxygens (including phenoxy) is 2. The van der Waals surface area contributed by atoms with Crippen LogP contribution in [0.3, 0.4) is 0 Å². The average molecular weight is 499 g/mol. The van der Waals surface area contributed by atoms with E-state index in [1.165, 1.54) is 12.4 Å². The van der Waals surface area contributed by atoms with Crippen molar-refractivity contribution in [2.24, 2.45) is 7.05 Å². The number of aryl methyl sites for hydroxylation is 2. The molecule has 0 saturated carbocycles. The summed E-state index contributed by atoms with van der Waals surface area (Å²) in [7, 11) is 1.79. The second-order valence-corrected chi connectivity index (χ2v) is 8.76. The van der Waals surface area contributed by atoms with E-state index in [4.69, 9.17) is 9.47 Å². The van der Waals surface area contributed by atoms with Crippen molar-refractivity contribution >= 4 is 11.8 Å². The first-order valence-electron chi connectivity index (χ1n) is 11.7. The zero-order valence-corrected chi connectivity index (χ0v) is 19.8. The maximum absolute atomic E-state index is 13.0. The Morgan fingerprint density at radius 2 is 1.86 bits per heavy atom. The second kappa shape index (κ2) is 9.30. The summed E-state index contributed by atoms with van der Waals surface area (Å²) >= 11 is 0. The molecule has 186 valence electrons. The van der Waals surface area contributed by atoms with Gasteiger partial charge in [0.15, 0.2) is 17.3 Å². The number of nitrogens with zero attached hydrogens (tertiary/aromatic N) is 6. The molecule has 12 heteroatoms. The summed E-state index contributed by atoms with van der Waals surface area (Å²) < 4.78 is 12.3. The molecule has 12 nitrogen and oxygen atoms in total. The van der Waals surface area contributed by atoms with Crippen LogP contribution in [0.1, 0.15) is 50.1 Å². The summed E-state index contributed by atoms with van der Waals surface area (Å²) in [5, 5.41) is 17.5. The van der Waals surface area contributed by atoms with Crippen molar-refractivity contribution in [1.82, 2.24) is 40.8 Å². The Morgan fingerprint density at radius 3 is 2.70 bits per heavy atom. The maximum atomic E-state index is 13.0. The molecule has 0 fully saturated rings. The van der Waals surface area contributed by atoms with Crippen LogP contribution in [-0.4, -0.2) is 48.8 Å². The highest BCUT2D eigenvalue weighted by molar-refractivity contribution is 5.97. The first-order chi connectivity index (χ1) is 18.0. The lowest BCUT2D eigenvalue weighted by Crippen LogP contribution is -2.29. The number of nitrogens with one attached hydrogen (secondary N) is 2. The largest absolute Gasteiger partial charge is 0.454 e. The van der Waals surface area contributed by atoms with Gasteiger partial charge in [0.05, 0.1) is 6.04 Å². The number of benzene rings is 2. The van der Waals surface area contributed by atoms with Crippen molar-refractivity contribution < 1.29 is 19.1 Å². The van der Waals surface area contributed by atoms with Crippen molar-refractivity contribution in [3.05, 3.63) is 76.9 Å². The van der Waals surface area contributed by atoms with Crippen LogP contribution in [0.25, 0.3) is 11.4 Å². The number of tetrazole rings is 1. The number of amides is 2. The number of hydrogen-bond donors (Lipinski definition) is 2. The smallest absolute Gasteiger partial charge is 0.270 e. The molecule has 1 atom stereocenters. The second-order valence-electron chi connectivity index (χ2n) is 8.76. The summed E-state index contributed by atoms with van der Waals surface area (Å²) in [5.41, 5.74) is 4.18. The molecule has 0 unspecified atom stereocenters. The minimum atomic E-state index is -0.411. The number of carbonyl (C=O) groups is 2.